The molecule has 0 bridgehead atoms. The largest absolute Gasteiger partial charge is 0.352 e. The summed E-state index contributed by atoms with van der Waals surface area (Å²) >= 11 is 0. The second kappa shape index (κ2) is 5.74. The van der Waals surface area contributed by atoms with Gasteiger partial charge in [-0.2, -0.15) is 0 Å². The van der Waals surface area contributed by atoms with Gasteiger partial charge in [0.1, 0.15) is 0 Å². The molecule has 0 radical (unpaired) electrons. The predicted molar refractivity (Wildman–Crippen MR) is 130 cm³/mol. The first kappa shape index (κ1) is 15.8. The highest BCUT2D eigenvalue weighted by Crippen LogP contribution is 2.42. The summed E-state index contributed by atoms with van der Waals surface area (Å²) in [4.78, 5) is 3.83. The smallest absolute Gasteiger partial charge is 0.0804 e. The molecule has 0 aliphatic heterocycles. The van der Waals surface area contributed by atoms with Gasteiger partial charge in [0.15, 0.2) is 0 Å². The fourth-order valence-corrected chi connectivity index (χ4v) is 5.09. The second-order valence-electron chi connectivity index (χ2n) is 7.88. The molecule has 2 heterocycles. The molecule has 2 heteroatoms. The predicted octanol–water partition coefficient (Wildman–Crippen LogP) is 7.82. The lowest BCUT2D eigenvalue weighted by atomic mass is 9.98. The molecule has 30 heavy (non-hydrogen) atoms. The van der Waals surface area contributed by atoms with Crippen molar-refractivity contribution in [2.24, 2.45) is 0 Å². The van der Waals surface area contributed by atoms with Crippen LogP contribution < -0.4 is 0 Å². The Hall–Kier alpha value is -4.04. The van der Waals surface area contributed by atoms with Gasteiger partial charge in [-0.15, -0.1) is 0 Å². The number of benzene rings is 5. The standard InChI is InChI=1S/C28H18N2.H2/c1-2-10-18(11-3-1)30-24-17-9-8-16-23(24)27-28(30)25-21-14-6-4-12-19(21)20-13-5-7-15-22(20)26(25)29-27;/h1-17,29H;1H. The molecule has 0 spiro atoms. The Labute approximate surface area is 174 Å². The SMILES string of the molecule is [HH].c1ccc(-n2c3ccccc3c3[nH]c4c5ccccc5c5ccccc5c4c32)cc1. The Morgan fingerprint density at radius 2 is 1.07 bits per heavy atom. The molecule has 1 N–H and O–H groups in total. The summed E-state index contributed by atoms with van der Waals surface area (Å²) in [7, 11) is 0. The molecule has 0 unspecified atom stereocenters. The first-order valence-corrected chi connectivity index (χ1v) is 10.3. The van der Waals surface area contributed by atoms with Gasteiger partial charge >= 0.3 is 0 Å². The molecule has 0 saturated carbocycles. The van der Waals surface area contributed by atoms with E-state index in [9.17, 15) is 0 Å². The molecule has 2 nitrogen and oxygen atoms in total. The molecule has 0 saturated heterocycles. The van der Waals surface area contributed by atoms with Crippen LogP contribution in [-0.2, 0) is 0 Å². The molecule has 0 amide bonds. The molecule has 0 aliphatic carbocycles. The number of hydrogen-bond donors (Lipinski definition) is 1. The number of H-pyrrole nitrogens is 1. The molecule has 0 atom stereocenters. The van der Waals surface area contributed by atoms with E-state index in [4.69, 9.17) is 0 Å². The van der Waals surface area contributed by atoms with Crippen molar-refractivity contribution in [3.05, 3.63) is 103 Å². The maximum absolute atomic E-state index is 3.83. The minimum atomic E-state index is 0. The topological polar surface area (TPSA) is 20.7 Å². The Bertz CT molecular complexity index is 1740. The van der Waals surface area contributed by atoms with Gasteiger partial charge in [-0.3, -0.25) is 0 Å². The van der Waals surface area contributed by atoms with E-state index in [0.29, 0.717) is 0 Å². The van der Waals surface area contributed by atoms with Gasteiger partial charge in [-0.1, -0.05) is 84.9 Å². The maximum Gasteiger partial charge on any atom is 0.0804 e. The van der Waals surface area contributed by atoms with Crippen molar-refractivity contribution in [1.82, 2.24) is 9.55 Å². The molecule has 5 aromatic carbocycles. The Morgan fingerprint density at radius 3 is 1.83 bits per heavy atom. The van der Waals surface area contributed by atoms with E-state index in [1.165, 1.54) is 60.1 Å². The van der Waals surface area contributed by atoms with Crippen molar-refractivity contribution in [2.75, 3.05) is 0 Å². The highest BCUT2D eigenvalue weighted by molar-refractivity contribution is 6.33. The fraction of sp³-hybridized carbons (Fsp3) is 0. The Morgan fingerprint density at radius 1 is 0.500 bits per heavy atom. The lowest BCUT2D eigenvalue weighted by Gasteiger charge is -2.10. The number of para-hydroxylation sites is 2. The summed E-state index contributed by atoms with van der Waals surface area (Å²) in [6.45, 7) is 0. The first-order chi connectivity index (χ1) is 14.9. The van der Waals surface area contributed by atoms with Crippen molar-refractivity contribution in [3.8, 4) is 5.69 Å². The minimum absolute atomic E-state index is 0. The molecular weight excluding hydrogens is 364 g/mol. The highest BCUT2D eigenvalue weighted by atomic mass is 15.0. The fourth-order valence-electron chi connectivity index (χ4n) is 5.09. The zero-order valence-electron chi connectivity index (χ0n) is 16.3. The van der Waals surface area contributed by atoms with Gasteiger partial charge in [-0.25, -0.2) is 0 Å². The van der Waals surface area contributed by atoms with E-state index in [1.807, 2.05) is 0 Å². The maximum atomic E-state index is 3.83. The monoisotopic (exact) mass is 384 g/mol. The summed E-state index contributed by atoms with van der Waals surface area (Å²) in [5, 5.41) is 7.69. The molecule has 0 fully saturated rings. The van der Waals surface area contributed by atoms with Crippen molar-refractivity contribution in [2.45, 2.75) is 0 Å². The van der Waals surface area contributed by atoms with Crippen LogP contribution in [0.1, 0.15) is 1.43 Å². The Balaban J connectivity index is 0.00000185. The third kappa shape index (κ3) is 1.93. The summed E-state index contributed by atoms with van der Waals surface area (Å²) in [5.74, 6) is 0. The number of rotatable bonds is 1. The van der Waals surface area contributed by atoms with Crippen LogP contribution in [0.25, 0.3) is 60.1 Å². The molecule has 7 rings (SSSR count). The van der Waals surface area contributed by atoms with Gasteiger partial charge in [0.25, 0.3) is 0 Å². The zero-order chi connectivity index (χ0) is 19.7. The average Bonchev–Trinajstić information content (AvgIpc) is 3.35. The summed E-state index contributed by atoms with van der Waals surface area (Å²) in [5.41, 5.74) is 6.07. The van der Waals surface area contributed by atoms with Crippen LogP contribution in [0.15, 0.2) is 103 Å². The number of fused-ring (bicyclic) bond motifs is 10. The van der Waals surface area contributed by atoms with E-state index in [-0.39, 0.29) is 1.43 Å². The summed E-state index contributed by atoms with van der Waals surface area (Å²) in [6, 6.07) is 36.8. The van der Waals surface area contributed by atoms with Crippen LogP contribution >= 0.6 is 0 Å². The first-order valence-electron chi connectivity index (χ1n) is 10.3. The van der Waals surface area contributed by atoms with Gasteiger partial charge < -0.3 is 9.55 Å². The van der Waals surface area contributed by atoms with Gasteiger partial charge in [0.05, 0.1) is 22.1 Å². The lowest BCUT2D eigenvalue weighted by molar-refractivity contribution is 1.19. The number of hydrogen-bond acceptors (Lipinski definition) is 0. The highest BCUT2D eigenvalue weighted by Gasteiger charge is 2.20. The normalized spacial score (nSPS) is 12.0. The van der Waals surface area contributed by atoms with Crippen LogP contribution in [-0.4, -0.2) is 9.55 Å². The van der Waals surface area contributed by atoms with Crippen LogP contribution in [0.4, 0.5) is 0 Å². The van der Waals surface area contributed by atoms with Crippen LogP contribution in [0.2, 0.25) is 0 Å². The van der Waals surface area contributed by atoms with Gasteiger partial charge in [0, 0.05) is 23.3 Å². The molecule has 2 aromatic heterocycles. The van der Waals surface area contributed by atoms with Crippen LogP contribution in [0.3, 0.4) is 0 Å². The van der Waals surface area contributed by atoms with Crippen molar-refractivity contribution < 1.29 is 1.43 Å². The number of nitrogens with one attached hydrogen (secondary N) is 1. The minimum Gasteiger partial charge on any atom is -0.352 e. The van der Waals surface area contributed by atoms with E-state index >= 15 is 0 Å². The molecule has 142 valence electrons. The third-order valence-corrected chi connectivity index (χ3v) is 6.31. The van der Waals surface area contributed by atoms with E-state index in [2.05, 4.69) is 113 Å². The van der Waals surface area contributed by atoms with Crippen LogP contribution in [0.5, 0.6) is 0 Å². The van der Waals surface area contributed by atoms with E-state index in [0.717, 1.165) is 0 Å². The lowest BCUT2D eigenvalue weighted by Crippen LogP contribution is -1.93. The van der Waals surface area contributed by atoms with Crippen LogP contribution in [0, 0.1) is 0 Å². The number of aromatic amines is 1. The molecule has 0 aliphatic rings. The van der Waals surface area contributed by atoms with Gasteiger partial charge in [-0.05, 0) is 34.4 Å². The third-order valence-electron chi connectivity index (χ3n) is 6.31. The van der Waals surface area contributed by atoms with Crippen molar-refractivity contribution in [1.29, 1.82) is 0 Å². The Kier molecular flexibility index (Phi) is 3.03. The zero-order valence-corrected chi connectivity index (χ0v) is 16.3. The van der Waals surface area contributed by atoms with E-state index < -0.39 is 0 Å². The van der Waals surface area contributed by atoms with Gasteiger partial charge in [0.2, 0.25) is 0 Å². The summed E-state index contributed by atoms with van der Waals surface area (Å²) < 4.78 is 2.41. The van der Waals surface area contributed by atoms with Crippen molar-refractivity contribution in [3.63, 3.8) is 0 Å². The quantitative estimate of drug-likeness (QED) is 0.279. The van der Waals surface area contributed by atoms with Crippen molar-refractivity contribution >= 4 is 54.4 Å². The summed E-state index contributed by atoms with van der Waals surface area (Å²) in [6.07, 6.45) is 0. The van der Waals surface area contributed by atoms with E-state index in [1.54, 1.807) is 0 Å². The molecular formula is C28H20N2. The average molecular weight is 384 g/mol. The molecule has 7 aromatic rings. The number of nitrogens with zero attached hydrogens (tertiary/aromatic N) is 1. The number of aromatic nitrogens is 2. The second-order valence-corrected chi connectivity index (χ2v) is 7.88.